The van der Waals surface area contributed by atoms with Crippen molar-refractivity contribution in [2.24, 2.45) is 17.8 Å². The van der Waals surface area contributed by atoms with Crippen LogP contribution in [-0.4, -0.2) is 29.4 Å². The first-order valence-electron chi connectivity index (χ1n) is 10.4. The molecule has 1 saturated heterocycles. The van der Waals surface area contributed by atoms with Crippen molar-refractivity contribution < 1.29 is 14.3 Å². The molecule has 1 aromatic carbocycles. The standard InChI is InChI=1S/C23H29NO3/c25-22-21-18(14-15-24(22)16-17-8-3-1-4-9-17)10-7-13-20(21)23(26)27-19-11-5-2-6-12-19/h1,3-4,7-10,18-21H,2,5-6,11-16H2/t18?,20-,21?/m0/s1. The highest BCUT2D eigenvalue weighted by atomic mass is 16.5. The van der Waals surface area contributed by atoms with Crippen LogP contribution in [0.5, 0.6) is 0 Å². The summed E-state index contributed by atoms with van der Waals surface area (Å²) in [4.78, 5) is 28.1. The van der Waals surface area contributed by atoms with Gasteiger partial charge in [0.15, 0.2) is 0 Å². The van der Waals surface area contributed by atoms with E-state index in [0.29, 0.717) is 13.0 Å². The number of allylic oxidation sites excluding steroid dienone is 2. The molecule has 3 atom stereocenters. The molecule has 0 spiro atoms. The number of piperidine rings is 1. The van der Waals surface area contributed by atoms with Crippen molar-refractivity contribution in [2.75, 3.05) is 6.54 Å². The highest BCUT2D eigenvalue weighted by Crippen LogP contribution is 2.39. The van der Waals surface area contributed by atoms with Crippen LogP contribution < -0.4 is 0 Å². The molecule has 1 saturated carbocycles. The quantitative estimate of drug-likeness (QED) is 0.594. The Morgan fingerprint density at radius 3 is 2.63 bits per heavy atom. The number of fused-ring (bicyclic) bond motifs is 1. The first-order chi connectivity index (χ1) is 13.2. The average molecular weight is 367 g/mol. The zero-order chi connectivity index (χ0) is 18.6. The first kappa shape index (κ1) is 18.3. The zero-order valence-electron chi connectivity index (χ0n) is 15.9. The van der Waals surface area contributed by atoms with Crippen LogP contribution in [0.1, 0.15) is 50.5 Å². The van der Waals surface area contributed by atoms with Gasteiger partial charge in [-0.3, -0.25) is 9.59 Å². The van der Waals surface area contributed by atoms with Gasteiger partial charge in [0.1, 0.15) is 6.10 Å². The Morgan fingerprint density at radius 2 is 1.85 bits per heavy atom. The van der Waals surface area contributed by atoms with E-state index >= 15 is 0 Å². The lowest BCUT2D eigenvalue weighted by atomic mass is 9.71. The molecule has 2 unspecified atom stereocenters. The fraction of sp³-hybridized carbons (Fsp3) is 0.565. The lowest BCUT2D eigenvalue weighted by Crippen LogP contribution is -2.50. The Bertz CT molecular complexity index is 693. The number of likely N-dealkylation sites (tertiary alicyclic amines) is 1. The lowest BCUT2D eigenvalue weighted by molar-refractivity contribution is -0.164. The first-order valence-corrected chi connectivity index (χ1v) is 10.4. The highest BCUT2D eigenvalue weighted by molar-refractivity contribution is 5.87. The number of nitrogens with zero attached hydrogens (tertiary/aromatic N) is 1. The molecule has 0 radical (unpaired) electrons. The van der Waals surface area contributed by atoms with Crippen LogP contribution in [0, 0.1) is 17.8 Å². The highest BCUT2D eigenvalue weighted by Gasteiger charge is 2.45. The number of ether oxygens (including phenoxy) is 1. The fourth-order valence-electron chi connectivity index (χ4n) is 4.86. The van der Waals surface area contributed by atoms with Gasteiger partial charge in [-0.1, -0.05) is 48.9 Å². The molecular weight excluding hydrogens is 338 g/mol. The van der Waals surface area contributed by atoms with E-state index in [9.17, 15) is 9.59 Å². The maximum atomic E-state index is 13.3. The van der Waals surface area contributed by atoms with Crippen molar-refractivity contribution in [2.45, 2.75) is 57.6 Å². The number of rotatable bonds is 4. The Labute approximate surface area is 161 Å². The van der Waals surface area contributed by atoms with Gasteiger partial charge in [-0.05, 0) is 50.0 Å². The van der Waals surface area contributed by atoms with E-state index in [1.54, 1.807) is 0 Å². The number of carbonyl (C=O) groups is 2. The molecule has 3 aliphatic rings. The third-order valence-electron chi connectivity index (χ3n) is 6.35. The van der Waals surface area contributed by atoms with Gasteiger partial charge in [0.25, 0.3) is 0 Å². The second kappa shape index (κ2) is 8.28. The average Bonchev–Trinajstić information content (AvgIpc) is 2.71. The molecule has 1 amide bonds. The number of hydrogen-bond donors (Lipinski definition) is 0. The summed E-state index contributed by atoms with van der Waals surface area (Å²) in [7, 11) is 0. The normalized spacial score (nSPS) is 28.7. The maximum Gasteiger partial charge on any atom is 0.310 e. The Morgan fingerprint density at radius 1 is 1.07 bits per heavy atom. The van der Waals surface area contributed by atoms with Crippen LogP contribution in [0.2, 0.25) is 0 Å². The van der Waals surface area contributed by atoms with E-state index in [2.05, 4.69) is 24.3 Å². The topological polar surface area (TPSA) is 46.6 Å². The Balaban J connectivity index is 1.46. The van der Waals surface area contributed by atoms with E-state index in [0.717, 1.165) is 44.2 Å². The van der Waals surface area contributed by atoms with E-state index in [1.165, 1.54) is 6.42 Å². The Hall–Kier alpha value is -2.10. The van der Waals surface area contributed by atoms with Gasteiger partial charge in [0.05, 0.1) is 11.8 Å². The van der Waals surface area contributed by atoms with Crippen LogP contribution >= 0.6 is 0 Å². The van der Waals surface area contributed by atoms with Gasteiger partial charge in [-0.2, -0.15) is 0 Å². The molecular formula is C23H29NO3. The monoisotopic (exact) mass is 367 g/mol. The summed E-state index contributed by atoms with van der Waals surface area (Å²) < 4.78 is 5.84. The smallest absolute Gasteiger partial charge is 0.310 e. The van der Waals surface area contributed by atoms with Gasteiger partial charge in [-0.15, -0.1) is 0 Å². The summed E-state index contributed by atoms with van der Waals surface area (Å²) in [5.41, 5.74) is 1.14. The van der Waals surface area contributed by atoms with E-state index < -0.39 is 0 Å². The second-order valence-corrected chi connectivity index (χ2v) is 8.19. The number of hydrogen-bond acceptors (Lipinski definition) is 3. The predicted octanol–water partition coefficient (Wildman–Crippen LogP) is 4.10. The van der Waals surface area contributed by atoms with E-state index in [-0.39, 0.29) is 35.7 Å². The molecule has 27 heavy (non-hydrogen) atoms. The minimum absolute atomic E-state index is 0.0507. The van der Waals surface area contributed by atoms with Crippen molar-refractivity contribution in [1.29, 1.82) is 0 Å². The van der Waals surface area contributed by atoms with Crippen LogP contribution in [0.3, 0.4) is 0 Å². The molecule has 2 aliphatic carbocycles. The van der Waals surface area contributed by atoms with Crippen LogP contribution in [0.15, 0.2) is 42.5 Å². The molecule has 1 aromatic rings. The summed E-state index contributed by atoms with van der Waals surface area (Å²) in [6.45, 7) is 1.38. The van der Waals surface area contributed by atoms with Crippen LogP contribution in [-0.2, 0) is 20.9 Å². The minimum Gasteiger partial charge on any atom is -0.462 e. The van der Waals surface area contributed by atoms with Crippen molar-refractivity contribution in [3.8, 4) is 0 Å². The minimum atomic E-state index is -0.326. The summed E-state index contributed by atoms with van der Waals surface area (Å²) >= 11 is 0. The van der Waals surface area contributed by atoms with Gasteiger partial charge < -0.3 is 9.64 Å². The molecule has 0 N–H and O–H groups in total. The van der Waals surface area contributed by atoms with Crippen molar-refractivity contribution in [3.05, 3.63) is 48.0 Å². The molecule has 4 rings (SSSR count). The molecule has 144 valence electrons. The number of benzene rings is 1. The molecule has 0 bridgehead atoms. The summed E-state index contributed by atoms with van der Waals surface area (Å²) in [5.74, 6) is -0.458. The van der Waals surface area contributed by atoms with Gasteiger partial charge in [-0.25, -0.2) is 0 Å². The lowest BCUT2D eigenvalue weighted by Gasteiger charge is -2.41. The summed E-state index contributed by atoms with van der Waals surface area (Å²) in [5, 5.41) is 0. The van der Waals surface area contributed by atoms with E-state index in [1.807, 2.05) is 23.1 Å². The number of esters is 1. The fourth-order valence-corrected chi connectivity index (χ4v) is 4.86. The van der Waals surface area contributed by atoms with Crippen molar-refractivity contribution in [3.63, 3.8) is 0 Å². The van der Waals surface area contributed by atoms with Crippen LogP contribution in [0.25, 0.3) is 0 Å². The third kappa shape index (κ3) is 4.10. The van der Waals surface area contributed by atoms with E-state index in [4.69, 9.17) is 4.74 Å². The van der Waals surface area contributed by atoms with Crippen LogP contribution in [0.4, 0.5) is 0 Å². The second-order valence-electron chi connectivity index (χ2n) is 8.19. The molecule has 0 aromatic heterocycles. The summed E-state index contributed by atoms with van der Waals surface area (Å²) in [6.07, 6.45) is 11.3. The van der Waals surface area contributed by atoms with Crippen molar-refractivity contribution >= 4 is 11.9 Å². The predicted molar refractivity (Wildman–Crippen MR) is 104 cm³/mol. The zero-order valence-corrected chi connectivity index (χ0v) is 15.9. The third-order valence-corrected chi connectivity index (χ3v) is 6.35. The largest absolute Gasteiger partial charge is 0.462 e. The SMILES string of the molecule is O=C(OC1CCCCC1)[C@H]1CC=CC2CCN(Cc3ccccc3)C(=O)C21. The molecule has 1 aliphatic heterocycles. The molecule has 4 nitrogen and oxygen atoms in total. The molecule has 4 heteroatoms. The number of carbonyl (C=O) groups excluding carboxylic acids is 2. The van der Waals surface area contributed by atoms with Gasteiger partial charge >= 0.3 is 5.97 Å². The van der Waals surface area contributed by atoms with Gasteiger partial charge in [0, 0.05) is 13.1 Å². The molecule has 1 heterocycles. The maximum absolute atomic E-state index is 13.3. The van der Waals surface area contributed by atoms with Gasteiger partial charge in [0.2, 0.25) is 5.91 Å². The summed E-state index contributed by atoms with van der Waals surface area (Å²) in [6, 6.07) is 10.1. The number of amides is 1. The van der Waals surface area contributed by atoms with Crippen molar-refractivity contribution in [1.82, 2.24) is 4.90 Å². The Kier molecular flexibility index (Phi) is 5.61. The molecule has 2 fully saturated rings.